The molecule has 5 rings (SSSR count). The molecule has 1 saturated heterocycles. The van der Waals surface area contributed by atoms with Crippen LogP contribution in [0, 0.1) is 19.8 Å². The number of amides is 2. The quantitative estimate of drug-likeness (QED) is 0.670. The summed E-state index contributed by atoms with van der Waals surface area (Å²) < 4.78 is 1.82. The van der Waals surface area contributed by atoms with E-state index in [1.54, 1.807) is 16.7 Å². The van der Waals surface area contributed by atoms with Gasteiger partial charge in [0.25, 0.3) is 0 Å². The van der Waals surface area contributed by atoms with Gasteiger partial charge in [0.2, 0.25) is 11.8 Å². The molecule has 2 aliphatic heterocycles. The van der Waals surface area contributed by atoms with Crippen LogP contribution in [0.15, 0.2) is 48.5 Å². The van der Waals surface area contributed by atoms with Gasteiger partial charge in [-0.3, -0.25) is 9.59 Å². The minimum Gasteiger partial charge on any atom is -0.312 e. The average molecular weight is 433 g/mol. The van der Waals surface area contributed by atoms with Crippen molar-refractivity contribution in [2.45, 2.75) is 31.8 Å². The number of para-hydroxylation sites is 1. The van der Waals surface area contributed by atoms with Crippen molar-refractivity contribution in [1.29, 1.82) is 0 Å². The molecule has 2 aliphatic rings. The zero-order chi connectivity index (χ0) is 21.5. The van der Waals surface area contributed by atoms with Crippen LogP contribution in [-0.2, 0) is 21.1 Å². The minimum atomic E-state index is -0.391. The van der Waals surface area contributed by atoms with Crippen molar-refractivity contribution in [2.75, 3.05) is 16.8 Å². The van der Waals surface area contributed by atoms with Gasteiger partial charge in [0, 0.05) is 35.7 Å². The van der Waals surface area contributed by atoms with E-state index in [1.807, 2.05) is 67.1 Å². The third-order valence-electron chi connectivity index (χ3n) is 6.09. The van der Waals surface area contributed by atoms with Crippen LogP contribution >= 0.6 is 11.8 Å². The molecule has 1 atom stereocenters. The van der Waals surface area contributed by atoms with Gasteiger partial charge in [-0.15, -0.1) is 0 Å². The van der Waals surface area contributed by atoms with Gasteiger partial charge in [-0.25, -0.2) is 4.68 Å². The van der Waals surface area contributed by atoms with Crippen LogP contribution in [-0.4, -0.2) is 28.1 Å². The molecular formula is C24H24N4O2S. The van der Waals surface area contributed by atoms with E-state index in [0.29, 0.717) is 6.54 Å². The lowest BCUT2D eigenvalue weighted by Crippen LogP contribution is -2.29. The molecule has 1 fully saturated rings. The number of aryl methyl sites for hydroxylation is 2. The largest absolute Gasteiger partial charge is 0.312 e. The number of carbonyl (C=O) groups excluding carboxylic acids is 2. The molecule has 31 heavy (non-hydrogen) atoms. The molecule has 1 N–H and O–H groups in total. The lowest BCUT2D eigenvalue weighted by molar-refractivity contribution is -0.122. The Morgan fingerprint density at radius 2 is 1.87 bits per heavy atom. The van der Waals surface area contributed by atoms with Gasteiger partial charge in [0.15, 0.2) is 0 Å². The number of nitrogens with one attached hydrogen (secondary N) is 1. The van der Waals surface area contributed by atoms with Crippen molar-refractivity contribution in [2.24, 2.45) is 5.92 Å². The maximum Gasteiger partial charge on any atom is 0.230 e. The molecule has 1 unspecified atom stereocenters. The first-order chi connectivity index (χ1) is 15.0. The summed E-state index contributed by atoms with van der Waals surface area (Å²) >= 11 is 1.80. The van der Waals surface area contributed by atoms with E-state index < -0.39 is 5.92 Å². The smallest absolute Gasteiger partial charge is 0.230 e. The lowest BCUT2D eigenvalue weighted by atomic mass is 10.1. The second kappa shape index (κ2) is 7.89. The number of hydrogen-bond donors (Lipinski definition) is 1. The van der Waals surface area contributed by atoms with Gasteiger partial charge in [0.1, 0.15) is 5.82 Å². The molecule has 0 aliphatic carbocycles. The fourth-order valence-electron chi connectivity index (χ4n) is 4.14. The summed E-state index contributed by atoms with van der Waals surface area (Å²) in [5.41, 5.74) is 6.19. The molecule has 158 valence electrons. The Kier molecular flexibility index (Phi) is 5.06. The Morgan fingerprint density at radius 3 is 2.65 bits per heavy atom. The zero-order valence-corrected chi connectivity index (χ0v) is 18.4. The van der Waals surface area contributed by atoms with E-state index >= 15 is 0 Å². The highest BCUT2D eigenvalue weighted by Gasteiger charge is 2.36. The summed E-state index contributed by atoms with van der Waals surface area (Å²) in [6.07, 6.45) is 0.217. The second-order valence-corrected chi connectivity index (χ2v) is 9.16. The molecule has 3 heterocycles. The van der Waals surface area contributed by atoms with Gasteiger partial charge in [-0.2, -0.15) is 16.9 Å². The molecule has 3 aromatic rings. The SMILES string of the molecule is Cc1ccc(N2CC(C(=O)Nc3c4c(nn3-c3ccccc3)CSC4)CC2=O)cc1C. The summed E-state index contributed by atoms with van der Waals surface area (Å²) in [5, 5.41) is 7.85. The molecule has 2 aromatic carbocycles. The van der Waals surface area contributed by atoms with E-state index in [0.717, 1.165) is 45.5 Å². The molecule has 6 nitrogen and oxygen atoms in total. The number of fused-ring (bicyclic) bond motifs is 1. The van der Waals surface area contributed by atoms with Crippen LogP contribution < -0.4 is 10.2 Å². The van der Waals surface area contributed by atoms with Crippen LogP contribution in [0.3, 0.4) is 0 Å². The number of rotatable bonds is 4. The van der Waals surface area contributed by atoms with Crippen molar-refractivity contribution in [3.8, 4) is 5.69 Å². The number of thioether (sulfide) groups is 1. The number of nitrogens with zero attached hydrogens (tertiary/aromatic N) is 3. The fraction of sp³-hybridized carbons (Fsp3) is 0.292. The Bertz CT molecular complexity index is 1170. The Labute approximate surface area is 185 Å². The highest BCUT2D eigenvalue weighted by Crippen LogP contribution is 2.36. The van der Waals surface area contributed by atoms with E-state index in [4.69, 9.17) is 5.10 Å². The van der Waals surface area contributed by atoms with Crippen LogP contribution in [0.4, 0.5) is 11.5 Å². The highest BCUT2D eigenvalue weighted by molar-refractivity contribution is 7.98. The van der Waals surface area contributed by atoms with Crippen LogP contribution in [0.2, 0.25) is 0 Å². The number of anilines is 2. The highest BCUT2D eigenvalue weighted by atomic mass is 32.2. The Balaban J connectivity index is 1.39. The van der Waals surface area contributed by atoms with Crippen molar-refractivity contribution >= 4 is 35.1 Å². The normalized spacial score (nSPS) is 17.8. The van der Waals surface area contributed by atoms with Gasteiger partial charge in [-0.05, 0) is 49.2 Å². The first-order valence-corrected chi connectivity index (χ1v) is 11.6. The Hall–Kier alpha value is -3.06. The second-order valence-electron chi connectivity index (χ2n) is 8.18. The predicted molar refractivity (Wildman–Crippen MR) is 124 cm³/mol. The molecule has 7 heteroatoms. The van der Waals surface area contributed by atoms with Gasteiger partial charge in [-0.1, -0.05) is 24.3 Å². The number of benzene rings is 2. The van der Waals surface area contributed by atoms with E-state index in [2.05, 4.69) is 5.32 Å². The third kappa shape index (κ3) is 3.63. The van der Waals surface area contributed by atoms with Gasteiger partial charge < -0.3 is 10.2 Å². The summed E-state index contributed by atoms with van der Waals surface area (Å²) in [5.74, 6) is 1.87. The average Bonchev–Trinajstić information content (AvgIpc) is 3.46. The summed E-state index contributed by atoms with van der Waals surface area (Å²) in [6.45, 7) is 4.48. The summed E-state index contributed by atoms with van der Waals surface area (Å²) in [7, 11) is 0. The topological polar surface area (TPSA) is 67.2 Å². The van der Waals surface area contributed by atoms with Crippen LogP contribution in [0.1, 0.15) is 28.8 Å². The van der Waals surface area contributed by atoms with Crippen molar-refractivity contribution in [3.05, 3.63) is 70.9 Å². The van der Waals surface area contributed by atoms with Gasteiger partial charge in [0.05, 0.1) is 17.3 Å². The summed E-state index contributed by atoms with van der Waals surface area (Å²) in [6, 6.07) is 15.8. The number of carbonyl (C=O) groups is 2. The van der Waals surface area contributed by atoms with Crippen molar-refractivity contribution in [1.82, 2.24) is 9.78 Å². The molecule has 0 bridgehead atoms. The molecule has 0 saturated carbocycles. The fourth-order valence-corrected chi connectivity index (χ4v) is 5.18. The third-order valence-corrected chi connectivity index (χ3v) is 7.06. The van der Waals surface area contributed by atoms with Crippen LogP contribution in [0.25, 0.3) is 5.69 Å². The lowest BCUT2D eigenvalue weighted by Gasteiger charge is -2.18. The molecule has 2 amide bonds. The van der Waals surface area contributed by atoms with Gasteiger partial charge >= 0.3 is 0 Å². The first kappa shape index (κ1) is 19.9. The molecule has 0 spiro atoms. The van der Waals surface area contributed by atoms with Crippen LogP contribution in [0.5, 0.6) is 0 Å². The number of hydrogen-bond acceptors (Lipinski definition) is 4. The van der Waals surface area contributed by atoms with E-state index in [1.165, 1.54) is 5.56 Å². The number of aromatic nitrogens is 2. The predicted octanol–water partition coefficient (Wildman–Crippen LogP) is 4.23. The maximum atomic E-state index is 13.2. The molecule has 0 radical (unpaired) electrons. The first-order valence-electron chi connectivity index (χ1n) is 10.4. The molecular weight excluding hydrogens is 408 g/mol. The summed E-state index contributed by atoms with van der Waals surface area (Å²) in [4.78, 5) is 27.6. The standard InChI is InChI=1S/C24H24N4O2S/c1-15-8-9-19(10-16(15)2)27-12-17(11-22(27)29)24(30)25-23-20-13-31-14-21(20)26-28(23)18-6-4-3-5-7-18/h3-10,17H,11-14H2,1-2H3,(H,25,30). The zero-order valence-electron chi connectivity index (χ0n) is 17.6. The Morgan fingerprint density at radius 1 is 1.06 bits per heavy atom. The maximum absolute atomic E-state index is 13.2. The molecule has 1 aromatic heterocycles. The monoisotopic (exact) mass is 432 g/mol. The van der Waals surface area contributed by atoms with Crippen molar-refractivity contribution in [3.63, 3.8) is 0 Å². The van der Waals surface area contributed by atoms with E-state index in [9.17, 15) is 9.59 Å². The van der Waals surface area contributed by atoms with E-state index in [-0.39, 0.29) is 18.2 Å². The minimum absolute atomic E-state index is 0.0132. The van der Waals surface area contributed by atoms with Crippen molar-refractivity contribution < 1.29 is 9.59 Å².